The van der Waals surface area contributed by atoms with E-state index >= 15 is 0 Å². The minimum atomic E-state index is -0.109. The molecular formula is C7H13NO2. The first-order chi connectivity index (χ1) is 4.66. The topological polar surface area (TPSA) is 52.3 Å². The monoisotopic (exact) mass is 143 g/mol. The van der Waals surface area contributed by atoms with E-state index in [1.807, 2.05) is 6.92 Å². The van der Waals surface area contributed by atoms with E-state index in [9.17, 15) is 4.79 Å². The van der Waals surface area contributed by atoms with E-state index in [4.69, 9.17) is 5.73 Å². The fourth-order valence-corrected chi connectivity index (χ4v) is 1.22. The molecule has 0 aromatic carbocycles. The van der Waals surface area contributed by atoms with Gasteiger partial charge in [0.25, 0.3) is 0 Å². The summed E-state index contributed by atoms with van der Waals surface area (Å²) in [7, 11) is 1.42. The van der Waals surface area contributed by atoms with Gasteiger partial charge >= 0.3 is 5.97 Å². The molecule has 0 bridgehead atoms. The van der Waals surface area contributed by atoms with E-state index in [0.717, 1.165) is 6.42 Å². The van der Waals surface area contributed by atoms with Gasteiger partial charge in [-0.05, 0) is 19.3 Å². The predicted molar refractivity (Wildman–Crippen MR) is 37.3 cm³/mol. The van der Waals surface area contributed by atoms with Gasteiger partial charge in [0.15, 0.2) is 0 Å². The molecular weight excluding hydrogens is 130 g/mol. The fourth-order valence-electron chi connectivity index (χ4n) is 1.22. The summed E-state index contributed by atoms with van der Waals surface area (Å²) in [6.07, 6.45) is 0.907. The highest BCUT2D eigenvalue weighted by Gasteiger charge is 2.45. The highest BCUT2D eigenvalue weighted by Crippen LogP contribution is 2.41. The Hall–Kier alpha value is -0.570. The summed E-state index contributed by atoms with van der Waals surface area (Å²) in [5, 5.41) is 0. The molecule has 58 valence electrons. The quantitative estimate of drug-likeness (QED) is 0.559. The first-order valence-corrected chi connectivity index (χ1v) is 3.50. The van der Waals surface area contributed by atoms with E-state index in [2.05, 4.69) is 4.74 Å². The maximum Gasteiger partial charge on any atom is 0.309 e. The Labute approximate surface area is 60.5 Å². The third-order valence-corrected chi connectivity index (χ3v) is 2.02. The first-order valence-electron chi connectivity index (χ1n) is 3.50. The molecule has 2 N–H and O–H groups in total. The number of hydrogen-bond acceptors (Lipinski definition) is 3. The summed E-state index contributed by atoms with van der Waals surface area (Å²) in [5.74, 6) is 0.347. The molecule has 0 radical (unpaired) electrons. The van der Waals surface area contributed by atoms with Crippen LogP contribution in [0.5, 0.6) is 0 Å². The third-order valence-electron chi connectivity index (χ3n) is 2.02. The van der Waals surface area contributed by atoms with Gasteiger partial charge < -0.3 is 10.5 Å². The van der Waals surface area contributed by atoms with E-state index in [-0.39, 0.29) is 17.9 Å². The molecule has 1 aliphatic carbocycles. The maximum absolute atomic E-state index is 10.8. The Morgan fingerprint density at radius 3 is 2.70 bits per heavy atom. The maximum atomic E-state index is 10.8. The molecule has 0 aromatic rings. The van der Waals surface area contributed by atoms with E-state index in [0.29, 0.717) is 5.92 Å². The molecule has 1 fully saturated rings. The van der Waals surface area contributed by atoms with Gasteiger partial charge in [0.05, 0.1) is 13.0 Å². The van der Waals surface area contributed by atoms with E-state index < -0.39 is 0 Å². The lowest BCUT2D eigenvalue weighted by molar-refractivity contribution is -0.142. The van der Waals surface area contributed by atoms with Crippen LogP contribution in [0.25, 0.3) is 0 Å². The van der Waals surface area contributed by atoms with Crippen molar-refractivity contribution in [3.8, 4) is 0 Å². The lowest BCUT2D eigenvalue weighted by atomic mass is 10.2. The number of carbonyl (C=O) groups is 1. The van der Waals surface area contributed by atoms with Crippen molar-refractivity contribution in [2.45, 2.75) is 19.4 Å². The number of rotatable bonds is 2. The van der Waals surface area contributed by atoms with Crippen LogP contribution in [0.2, 0.25) is 0 Å². The average molecular weight is 143 g/mol. The molecule has 1 unspecified atom stereocenters. The zero-order chi connectivity index (χ0) is 7.72. The fraction of sp³-hybridized carbons (Fsp3) is 0.857. The van der Waals surface area contributed by atoms with Crippen molar-refractivity contribution in [1.82, 2.24) is 0 Å². The number of nitrogens with two attached hydrogens (primary N) is 1. The number of esters is 1. The van der Waals surface area contributed by atoms with Crippen LogP contribution in [-0.2, 0) is 9.53 Å². The van der Waals surface area contributed by atoms with Gasteiger partial charge in [0, 0.05) is 6.04 Å². The minimum absolute atomic E-state index is 0.0880. The van der Waals surface area contributed by atoms with Gasteiger partial charge in [-0.25, -0.2) is 0 Å². The highest BCUT2D eigenvalue weighted by atomic mass is 16.5. The van der Waals surface area contributed by atoms with E-state index in [1.54, 1.807) is 0 Å². The molecule has 1 saturated carbocycles. The summed E-state index contributed by atoms with van der Waals surface area (Å²) in [4.78, 5) is 10.8. The number of hydrogen-bond donors (Lipinski definition) is 1. The van der Waals surface area contributed by atoms with Gasteiger partial charge in [-0.1, -0.05) is 0 Å². The van der Waals surface area contributed by atoms with Gasteiger partial charge in [-0.2, -0.15) is 0 Å². The molecule has 0 aliphatic heterocycles. The Morgan fingerprint density at radius 1 is 1.80 bits per heavy atom. The molecule has 0 amide bonds. The Kier molecular flexibility index (Phi) is 1.94. The van der Waals surface area contributed by atoms with Crippen molar-refractivity contribution in [2.24, 2.45) is 17.6 Å². The Morgan fingerprint density at radius 2 is 2.40 bits per heavy atom. The predicted octanol–water partition coefficient (Wildman–Crippen LogP) is 0.143. The third kappa shape index (κ3) is 1.29. The molecule has 0 aromatic heterocycles. The van der Waals surface area contributed by atoms with Crippen LogP contribution in [0.1, 0.15) is 13.3 Å². The molecule has 1 aliphatic rings. The summed E-state index contributed by atoms with van der Waals surface area (Å²) >= 11 is 0. The number of methoxy groups -OCH3 is 1. The van der Waals surface area contributed by atoms with Crippen LogP contribution < -0.4 is 5.73 Å². The SMILES string of the molecule is COC(=O)[C@@H]1C[C@H]1C(C)N. The summed E-state index contributed by atoms with van der Waals surface area (Å²) < 4.78 is 4.56. The zero-order valence-corrected chi connectivity index (χ0v) is 6.33. The highest BCUT2D eigenvalue weighted by molar-refractivity contribution is 5.75. The summed E-state index contributed by atoms with van der Waals surface area (Å²) in [5.41, 5.74) is 5.57. The van der Waals surface area contributed by atoms with E-state index in [1.165, 1.54) is 7.11 Å². The van der Waals surface area contributed by atoms with Gasteiger partial charge in [-0.15, -0.1) is 0 Å². The molecule has 0 heterocycles. The van der Waals surface area contributed by atoms with Crippen molar-refractivity contribution in [3.05, 3.63) is 0 Å². The van der Waals surface area contributed by atoms with Crippen LogP contribution in [-0.4, -0.2) is 19.1 Å². The normalized spacial score (nSPS) is 33.1. The molecule has 0 saturated heterocycles. The number of carbonyl (C=O) groups excluding carboxylic acids is 1. The molecule has 3 heteroatoms. The zero-order valence-electron chi connectivity index (χ0n) is 6.33. The van der Waals surface area contributed by atoms with Gasteiger partial charge in [0.1, 0.15) is 0 Å². The molecule has 1 rings (SSSR count). The lowest BCUT2D eigenvalue weighted by Crippen LogP contribution is -2.20. The lowest BCUT2D eigenvalue weighted by Gasteiger charge is -2.01. The van der Waals surface area contributed by atoms with Crippen molar-refractivity contribution in [2.75, 3.05) is 7.11 Å². The van der Waals surface area contributed by atoms with Gasteiger partial charge in [0.2, 0.25) is 0 Å². The molecule has 0 spiro atoms. The van der Waals surface area contributed by atoms with Crippen molar-refractivity contribution in [3.63, 3.8) is 0 Å². The van der Waals surface area contributed by atoms with Crippen LogP contribution in [0, 0.1) is 11.8 Å². The van der Waals surface area contributed by atoms with Crippen LogP contribution >= 0.6 is 0 Å². The second kappa shape index (κ2) is 2.58. The van der Waals surface area contributed by atoms with Crippen LogP contribution in [0.15, 0.2) is 0 Å². The largest absolute Gasteiger partial charge is 0.469 e. The standard InChI is InChI=1S/C7H13NO2/c1-4(8)5-3-6(5)7(9)10-2/h4-6H,3,8H2,1-2H3/t4?,5-,6+/m0/s1. The smallest absolute Gasteiger partial charge is 0.309 e. The Bertz CT molecular complexity index is 145. The van der Waals surface area contributed by atoms with Crippen molar-refractivity contribution >= 4 is 5.97 Å². The van der Waals surface area contributed by atoms with Crippen LogP contribution in [0.3, 0.4) is 0 Å². The average Bonchev–Trinajstić information content (AvgIpc) is 2.64. The second-order valence-corrected chi connectivity index (χ2v) is 2.89. The molecule has 3 atom stereocenters. The minimum Gasteiger partial charge on any atom is -0.469 e. The molecule has 3 nitrogen and oxygen atoms in total. The second-order valence-electron chi connectivity index (χ2n) is 2.89. The first kappa shape index (κ1) is 7.54. The summed E-state index contributed by atoms with van der Waals surface area (Å²) in [6.45, 7) is 1.92. The van der Waals surface area contributed by atoms with Gasteiger partial charge in [-0.3, -0.25) is 4.79 Å². The van der Waals surface area contributed by atoms with Crippen LogP contribution in [0.4, 0.5) is 0 Å². The van der Waals surface area contributed by atoms with Crippen molar-refractivity contribution < 1.29 is 9.53 Å². The van der Waals surface area contributed by atoms with Crippen molar-refractivity contribution in [1.29, 1.82) is 0 Å². The Balaban J connectivity index is 2.31. The summed E-state index contributed by atoms with van der Waals surface area (Å²) in [6, 6.07) is 0.129. The molecule has 10 heavy (non-hydrogen) atoms. The number of ether oxygens (including phenoxy) is 1.